The summed E-state index contributed by atoms with van der Waals surface area (Å²) >= 11 is 0. The molecule has 11 heteroatoms. The van der Waals surface area contributed by atoms with Crippen LogP contribution >= 0.6 is 0 Å². The molecule has 1 saturated carbocycles. The van der Waals surface area contributed by atoms with Crippen molar-refractivity contribution in [3.8, 4) is 22.4 Å². The Hall–Kier alpha value is -4.58. The number of nitrogens with zero attached hydrogens (tertiary/aromatic N) is 4. The molecule has 0 bridgehead atoms. The summed E-state index contributed by atoms with van der Waals surface area (Å²) in [4.78, 5) is 46.4. The zero-order valence-corrected chi connectivity index (χ0v) is 35.1. The molecule has 306 valence electrons. The SMILES string of the molecule is CCn1c(-c2cccnc2C(C)OC)c(CC(C)(C)COC=O)c2cc(-c3cccc(CC(NC(=O)C(C(C)C)N(C)C4CC4)C(=O)N4CCCCN4)c3)ccc21. The highest BCUT2D eigenvalue weighted by molar-refractivity contribution is 5.95. The molecule has 57 heavy (non-hydrogen) atoms. The predicted molar refractivity (Wildman–Crippen MR) is 225 cm³/mol. The molecule has 3 atom stereocenters. The van der Waals surface area contributed by atoms with Gasteiger partial charge in [-0.2, -0.15) is 0 Å². The van der Waals surface area contributed by atoms with Crippen molar-refractivity contribution in [1.29, 1.82) is 0 Å². The molecule has 2 aliphatic rings. The highest BCUT2D eigenvalue weighted by Gasteiger charge is 2.38. The van der Waals surface area contributed by atoms with E-state index in [-0.39, 0.29) is 41.9 Å². The van der Waals surface area contributed by atoms with Gasteiger partial charge in [0, 0.05) is 67.3 Å². The van der Waals surface area contributed by atoms with E-state index in [1.807, 2.05) is 38.4 Å². The van der Waals surface area contributed by atoms with Gasteiger partial charge in [0.25, 0.3) is 12.4 Å². The number of pyridine rings is 1. The number of hydrazine groups is 1. The Morgan fingerprint density at radius 1 is 1.07 bits per heavy atom. The number of carbonyl (C=O) groups excluding carboxylic acids is 3. The van der Waals surface area contributed by atoms with Crippen LogP contribution in [-0.2, 0) is 43.2 Å². The van der Waals surface area contributed by atoms with Crippen molar-refractivity contribution in [2.24, 2.45) is 11.3 Å². The van der Waals surface area contributed by atoms with Gasteiger partial charge in [-0.15, -0.1) is 0 Å². The maximum absolute atomic E-state index is 14.1. The van der Waals surface area contributed by atoms with Crippen molar-refractivity contribution in [2.45, 2.75) is 111 Å². The van der Waals surface area contributed by atoms with Crippen molar-refractivity contribution in [1.82, 2.24) is 30.2 Å². The van der Waals surface area contributed by atoms with Gasteiger partial charge in [0.15, 0.2) is 0 Å². The third-order valence-corrected chi connectivity index (χ3v) is 11.7. The summed E-state index contributed by atoms with van der Waals surface area (Å²) in [6, 6.07) is 18.4. The predicted octanol–water partition coefficient (Wildman–Crippen LogP) is 7.11. The maximum atomic E-state index is 14.1. The number of carbonyl (C=O) groups is 3. The van der Waals surface area contributed by atoms with Gasteiger partial charge in [-0.05, 0) is 105 Å². The van der Waals surface area contributed by atoms with Gasteiger partial charge in [-0.25, -0.2) is 5.43 Å². The smallest absolute Gasteiger partial charge is 0.293 e. The number of aromatic nitrogens is 2. The Morgan fingerprint density at radius 3 is 2.51 bits per heavy atom. The number of fused-ring (bicyclic) bond motifs is 1. The van der Waals surface area contributed by atoms with Crippen LogP contribution in [0.2, 0.25) is 0 Å². The average Bonchev–Trinajstić information content (AvgIpc) is 4.03. The lowest BCUT2D eigenvalue weighted by molar-refractivity contribution is -0.141. The minimum absolute atomic E-state index is 0.0988. The van der Waals surface area contributed by atoms with E-state index in [0.717, 1.165) is 88.9 Å². The molecular formula is C46H62N6O5. The Kier molecular flexibility index (Phi) is 13.5. The number of hydrogen-bond acceptors (Lipinski definition) is 8. The molecule has 2 aromatic heterocycles. The molecule has 3 heterocycles. The Labute approximate surface area is 338 Å². The summed E-state index contributed by atoms with van der Waals surface area (Å²) < 4.78 is 13.5. The first-order valence-electron chi connectivity index (χ1n) is 20.7. The summed E-state index contributed by atoms with van der Waals surface area (Å²) in [6.45, 7) is 15.4. The first-order chi connectivity index (χ1) is 27.4. The lowest BCUT2D eigenvalue weighted by atomic mass is 9.84. The molecule has 0 radical (unpaired) electrons. The summed E-state index contributed by atoms with van der Waals surface area (Å²) in [6.07, 6.45) is 6.74. The molecule has 11 nitrogen and oxygen atoms in total. The van der Waals surface area contributed by atoms with Crippen LogP contribution in [0, 0.1) is 11.3 Å². The van der Waals surface area contributed by atoms with Gasteiger partial charge in [-0.3, -0.25) is 29.3 Å². The molecular weight excluding hydrogens is 717 g/mol. The molecule has 1 saturated heterocycles. The summed E-state index contributed by atoms with van der Waals surface area (Å²) in [5.41, 5.74) is 11.2. The quantitative estimate of drug-likeness (QED) is 0.103. The number of ether oxygens (including phenoxy) is 2. The van der Waals surface area contributed by atoms with Crippen LogP contribution in [0.5, 0.6) is 0 Å². The highest BCUT2D eigenvalue weighted by atomic mass is 16.5. The second-order valence-corrected chi connectivity index (χ2v) is 17.0. The first kappa shape index (κ1) is 42.0. The molecule has 2 N–H and O–H groups in total. The van der Waals surface area contributed by atoms with E-state index in [4.69, 9.17) is 14.5 Å². The molecule has 0 spiro atoms. The minimum atomic E-state index is -0.721. The Balaban J connectivity index is 1.40. The van der Waals surface area contributed by atoms with Crippen LogP contribution in [0.15, 0.2) is 60.8 Å². The molecule has 2 amide bonds. The second-order valence-electron chi connectivity index (χ2n) is 17.0. The molecule has 4 aromatic rings. The highest BCUT2D eigenvalue weighted by Crippen LogP contribution is 2.42. The number of nitrogens with one attached hydrogen (secondary N) is 2. The lowest BCUT2D eigenvalue weighted by Gasteiger charge is -2.34. The van der Waals surface area contributed by atoms with Crippen molar-refractivity contribution < 1.29 is 23.9 Å². The van der Waals surface area contributed by atoms with Crippen molar-refractivity contribution in [3.05, 3.63) is 77.6 Å². The van der Waals surface area contributed by atoms with Crippen LogP contribution in [0.4, 0.5) is 0 Å². The summed E-state index contributed by atoms with van der Waals surface area (Å²) in [5.74, 6) is -0.108. The summed E-state index contributed by atoms with van der Waals surface area (Å²) in [7, 11) is 3.73. The van der Waals surface area contributed by atoms with Crippen molar-refractivity contribution in [3.63, 3.8) is 0 Å². The monoisotopic (exact) mass is 778 g/mol. The minimum Gasteiger partial charge on any atom is -0.467 e. The van der Waals surface area contributed by atoms with Gasteiger partial charge in [0.05, 0.1) is 30.1 Å². The van der Waals surface area contributed by atoms with Gasteiger partial charge in [0.2, 0.25) is 5.91 Å². The number of hydrogen-bond donors (Lipinski definition) is 2. The van der Waals surface area contributed by atoms with E-state index in [2.05, 4.69) is 91.2 Å². The number of rotatable bonds is 18. The maximum Gasteiger partial charge on any atom is 0.293 e. The van der Waals surface area contributed by atoms with Crippen LogP contribution < -0.4 is 10.7 Å². The van der Waals surface area contributed by atoms with E-state index in [1.165, 1.54) is 0 Å². The lowest BCUT2D eigenvalue weighted by Crippen LogP contribution is -2.59. The number of methoxy groups -OCH3 is 1. The molecule has 2 fully saturated rings. The van der Waals surface area contributed by atoms with Crippen LogP contribution in [0.25, 0.3) is 33.3 Å². The number of benzene rings is 2. The van der Waals surface area contributed by atoms with Crippen LogP contribution in [0.3, 0.4) is 0 Å². The fourth-order valence-electron chi connectivity index (χ4n) is 8.56. The van der Waals surface area contributed by atoms with E-state index in [9.17, 15) is 14.4 Å². The zero-order valence-electron chi connectivity index (χ0n) is 35.1. The van der Waals surface area contributed by atoms with E-state index < -0.39 is 6.04 Å². The van der Waals surface area contributed by atoms with Gasteiger partial charge >= 0.3 is 0 Å². The van der Waals surface area contributed by atoms with E-state index in [0.29, 0.717) is 31.9 Å². The van der Waals surface area contributed by atoms with E-state index in [1.54, 1.807) is 12.1 Å². The third-order valence-electron chi connectivity index (χ3n) is 11.7. The standard InChI is InChI=1S/C46H62N6O5/c1-9-51-40-20-17-34(26-37(40)38(27-46(5,6)28-57-29-53)43(51)36-16-13-21-47-41(36)31(4)56-8)33-15-12-14-32(24-33)25-39(45(55)52-23-11-10-22-48-52)49-44(54)42(30(2)3)50(7)35-18-19-35/h12-17,20-21,24,26,29-31,35,39,42,48H,9-11,18-19,22-23,25,27-28H2,1-8H3,(H,49,54). The number of aryl methyl sites for hydroxylation is 1. The fraction of sp³-hybridized carbons (Fsp3) is 0.522. The third kappa shape index (κ3) is 9.59. The van der Waals surface area contributed by atoms with Crippen LogP contribution in [0.1, 0.15) is 90.2 Å². The van der Waals surface area contributed by atoms with Crippen molar-refractivity contribution in [2.75, 3.05) is 33.9 Å². The van der Waals surface area contributed by atoms with Gasteiger partial charge in [-0.1, -0.05) is 58.0 Å². The fourth-order valence-corrected chi connectivity index (χ4v) is 8.56. The largest absolute Gasteiger partial charge is 0.467 e. The number of amides is 2. The normalized spacial score (nSPS) is 16.5. The van der Waals surface area contributed by atoms with E-state index >= 15 is 0 Å². The average molecular weight is 779 g/mol. The van der Waals surface area contributed by atoms with Crippen molar-refractivity contribution >= 4 is 29.2 Å². The number of likely N-dealkylation sites (N-methyl/N-ethyl adjacent to an activating group) is 1. The topological polar surface area (TPSA) is 118 Å². The molecule has 1 aliphatic heterocycles. The molecule has 2 aromatic carbocycles. The summed E-state index contributed by atoms with van der Waals surface area (Å²) in [5, 5.41) is 6.03. The Morgan fingerprint density at radius 2 is 1.84 bits per heavy atom. The molecule has 3 unspecified atom stereocenters. The second kappa shape index (κ2) is 18.3. The van der Waals surface area contributed by atoms with Gasteiger partial charge < -0.3 is 19.4 Å². The first-order valence-corrected chi connectivity index (χ1v) is 20.7. The molecule has 6 rings (SSSR count). The Bertz CT molecular complexity index is 2030. The molecule has 1 aliphatic carbocycles. The van der Waals surface area contributed by atoms with Gasteiger partial charge in [0.1, 0.15) is 6.04 Å². The van der Waals surface area contributed by atoms with Crippen LogP contribution in [-0.4, -0.2) is 89.7 Å². The zero-order chi connectivity index (χ0) is 40.9.